The molecule has 0 atom stereocenters. The zero-order valence-corrected chi connectivity index (χ0v) is 12.0. The largest absolute Gasteiger partial charge is 0.469 e. The number of thioether (sulfide) groups is 1. The first kappa shape index (κ1) is 16.3. The third kappa shape index (κ3) is 5.92. The van der Waals surface area contributed by atoms with Crippen molar-refractivity contribution in [2.45, 2.75) is 12.8 Å². The van der Waals surface area contributed by atoms with Gasteiger partial charge in [-0.3, -0.25) is 9.59 Å². The molecule has 20 heavy (non-hydrogen) atoms. The molecule has 0 aliphatic heterocycles. The summed E-state index contributed by atoms with van der Waals surface area (Å²) in [5.74, 6) is 0.288. The summed E-state index contributed by atoms with van der Waals surface area (Å²) in [5.41, 5.74) is 6.17. The molecule has 0 spiro atoms. The summed E-state index contributed by atoms with van der Waals surface area (Å²) in [7, 11) is 1.34. The van der Waals surface area contributed by atoms with Crippen LogP contribution in [0.15, 0.2) is 18.2 Å². The Hall–Kier alpha value is -1.76. The Labute approximate surface area is 121 Å². The van der Waals surface area contributed by atoms with Crippen LogP contribution in [0.1, 0.15) is 12.8 Å². The van der Waals surface area contributed by atoms with Crippen molar-refractivity contribution in [2.24, 2.45) is 0 Å². The van der Waals surface area contributed by atoms with Gasteiger partial charge >= 0.3 is 5.97 Å². The zero-order valence-electron chi connectivity index (χ0n) is 11.1. The highest BCUT2D eigenvalue weighted by Gasteiger charge is 2.06. The molecule has 3 N–H and O–H groups in total. The molecular formula is C13H17FN2O3S. The number of nitrogens with two attached hydrogens (primary N) is 1. The summed E-state index contributed by atoms with van der Waals surface area (Å²) in [6.45, 7) is 0. The minimum absolute atomic E-state index is 0.191. The van der Waals surface area contributed by atoms with Crippen molar-refractivity contribution in [1.82, 2.24) is 0 Å². The van der Waals surface area contributed by atoms with Gasteiger partial charge < -0.3 is 15.8 Å². The number of carbonyl (C=O) groups is 2. The number of nitrogen functional groups attached to an aromatic ring is 1. The van der Waals surface area contributed by atoms with E-state index >= 15 is 0 Å². The Morgan fingerprint density at radius 1 is 1.35 bits per heavy atom. The number of anilines is 2. The molecular weight excluding hydrogens is 283 g/mol. The third-order valence-electron chi connectivity index (χ3n) is 2.44. The molecule has 0 saturated carbocycles. The van der Waals surface area contributed by atoms with Crippen molar-refractivity contribution in [2.75, 3.05) is 29.7 Å². The fraction of sp³-hybridized carbons (Fsp3) is 0.385. The summed E-state index contributed by atoms with van der Waals surface area (Å²) < 4.78 is 17.3. The van der Waals surface area contributed by atoms with Crippen molar-refractivity contribution in [3.63, 3.8) is 0 Å². The van der Waals surface area contributed by atoms with Crippen LogP contribution in [0.3, 0.4) is 0 Å². The maximum Gasteiger partial charge on any atom is 0.306 e. The van der Waals surface area contributed by atoms with E-state index in [2.05, 4.69) is 10.1 Å². The lowest BCUT2D eigenvalue weighted by atomic mass is 10.2. The van der Waals surface area contributed by atoms with Crippen molar-refractivity contribution < 1.29 is 18.7 Å². The Bertz CT molecular complexity index is 483. The van der Waals surface area contributed by atoms with Crippen molar-refractivity contribution >= 4 is 35.0 Å². The lowest BCUT2D eigenvalue weighted by molar-refractivity contribution is -0.140. The molecule has 0 bridgehead atoms. The first-order valence-electron chi connectivity index (χ1n) is 6.02. The molecule has 7 heteroatoms. The monoisotopic (exact) mass is 300 g/mol. The van der Waals surface area contributed by atoms with Crippen LogP contribution in [-0.2, 0) is 14.3 Å². The number of rotatable bonds is 7. The Morgan fingerprint density at radius 2 is 2.05 bits per heavy atom. The lowest BCUT2D eigenvalue weighted by Crippen LogP contribution is -2.13. The number of halogens is 1. The number of benzene rings is 1. The van der Waals surface area contributed by atoms with Crippen LogP contribution in [0.4, 0.5) is 15.8 Å². The molecule has 0 radical (unpaired) electrons. The van der Waals surface area contributed by atoms with Crippen molar-refractivity contribution in [3.8, 4) is 0 Å². The molecule has 1 rings (SSSR count). The predicted octanol–water partition coefficient (Wildman–Crippen LogP) is 2.03. The van der Waals surface area contributed by atoms with E-state index in [0.29, 0.717) is 30.0 Å². The van der Waals surface area contributed by atoms with E-state index in [1.165, 1.54) is 31.0 Å². The highest BCUT2D eigenvalue weighted by molar-refractivity contribution is 7.99. The minimum atomic E-state index is -0.445. The molecule has 0 aromatic heterocycles. The second kappa shape index (κ2) is 8.42. The van der Waals surface area contributed by atoms with Crippen molar-refractivity contribution in [3.05, 3.63) is 24.0 Å². The van der Waals surface area contributed by atoms with E-state index in [1.54, 1.807) is 0 Å². The van der Waals surface area contributed by atoms with Gasteiger partial charge in [-0.1, -0.05) is 0 Å². The van der Waals surface area contributed by atoms with E-state index in [9.17, 15) is 14.0 Å². The summed E-state index contributed by atoms with van der Waals surface area (Å²) in [6.07, 6.45) is 0.621. The molecule has 110 valence electrons. The minimum Gasteiger partial charge on any atom is -0.469 e. The molecule has 1 aromatic carbocycles. The number of hydrogen-bond acceptors (Lipinski definition) is 5. The highest BCUT2D eigenvalue weighted by atomic mass is 32.2. The van der Waals surface area contributed by atoms with Gasteiger partial charge in [-0.15, -0.1) is 0 Å². The SMILES string of the molecule is COC(=O)CCSCCC(=O)Nc1ccc(F)cc1N. The summed E-state index contributed by atoms with van der Waals surface area (Å²) in [6, 6.07) is 3.81. The van der Waals surface area contributed by atoms with Gasteiger partial charge in [0, 0.05) is 17.9 Å². The number of esters is 1. The summed E-state index contributed by atoms with van der Waals surface area (Å²) in [5, 5.41) is 2.61. The normalized spacial score (nSPS) is 10.1. The van der Waals surface area contributed by atoms with E-state index in [-0.39, 0.29) is 17.6 Å². The van der Waals surface area contributed by atoms with Gasteiger partial charge in [0.05, 0.1) is 24.9 Å². The number of hydrogen-bond donors (Lipinski definition) is 2. The van der Waals surface area contributed by atoms with Crippen LogP contribution in [-0.4, -0.2) is 30.5 Å². The van der Waals surface area contributed by atoms with E-state index in [0.717, 1.165) is 6.07 Å². The first-order chi connectivity index (χ1) is 9.52. The third-order valence-corrected chi connectivity index (χ3v) is 3.42. The van der Waals surface area contributed by atoms with Crippen molar-refractivity contribution in [1.29, 1.82) is 0 Å². The summed E-state index contributed by atoms with van der Waals surface area (Å²) in [4.78, 5) is 22.5. The van der Waals surface area contributed by atoms with E-state index in [4.69, 9.17) is 5.73 Å². The number of carbonyl (C=O) groups excluding carboxylic acids is 2. The quantitative estimate of drug-likeness (QED) is 0.457. The summed E-state index contributed by atoms with van der Waals surface area (Å²) >= 11 is 1.49. The highest BCUT2D eigenvalue weighted by Crippen LogP contribution is 2.19. The van der Waals surface area contributed by atoms with Gasteiger partial charge in [0.15, 0.2) is 0 Å². The van der Waals surface area contributed by atoms with Gasteiger partial charge in [0.1, 0.15) is 5.82 Å². The molecule has 1 aromatic rings. The standard InChI is InChI=1S/C13H17FN2O3S/c1-19-13(18)5-7-20-6-4-12(17)16-11-3-2-9(14)8-10(11)15/h2-3,8H,4-7,15H2,1H3,(H,16,17). The Balaban J connectivity index is 2.25. The van der Waals surface area contributed by atoms with Gasteiger partial charge in [0.25, 0.3) is 0 Å². The molecule has 1 amide bonds. The number of amides is 1. The van der Waals surface area contributed by atoms with Crippen LogP contribution >= 0.6 is 11.8 Å². The van der Waals surface area contributed by atoms with Crippen LogP contribution < -0.4 is 11.1 Å². The fourth-order valence-corrected chi connectivity index (χ4v) is 2.23. The fourth-order valence-electron chi connectivity index (χ4n) is 1.38. The number of methoxy groups -OCH3 is 1. The first-order valence-corrected chi connectivity index (χ1v) is 7.18. The molecule has 0 aliphatic carbocycles. The average molecular weight is 300 g/mol. The van der Waals surface area contributed by atoms with Crippen LogP contribution in [0.25, 0.3) is 0 Å². The number of ether oxygens (including phenoxy) is 1. The van der Waals surface area contributed by atoms with Crippen LogP contribution in [0, 0.1) is 5.82 Å². The Kier molecular flexibility index (Phi) is 6.86. The molecule has 5 nitrogen and oxygen atoms in total. The van der Waals surface area contributed by atoms with Gasteiger partial charge in [-0.2, -0.15) is 11.8 Å². The second-order valence-electron chi connectivity index (χ2n) is 3.97. The maximum atomic E-state index is 12.8. The van der Waals surface area contributed by atoms with Gasteiger partial charge in [-0.25, -0.2) is 4.39 Å². The van der Waals surface area contributed by atoms with Crippen LogP contribution in [0.5, 0.6) is 0 Å². The molecule has 0 unspecified atom stereocenters. The van der Waals surface area contributed by atoms with E-state index < -0.39 is 5.82 Å². The maximum absolute atomic E-state index is 12.8. The smallest absolute Gasteiger partial charge is 0.306 e. The molecule has 0 fully saturated rings. The molecule has 0 heterocycles. The van der Waals surface area contributed by atoms with E-state index in [1.807, 2.05) is 0 Å². The van der Waals surface area contributed by atoms with Gasteiger partial charge in [-0.05, 0) is 18.2 Å². The second-order valence-corrected chi connectivity index (χ2v) is 5.19. The zero-order chi connectivity index (χ0) is 15.0. The van der Waals surface area contributed by atoms with Gasteiger partial charge in [0.2, 0.25) is 5.91 Å². The number of nitrogens with one attached hydrogen (secondary N) is 1. The predicted molar refractivity (Wildman–Crippen MR) is 78.0 cm³/mol. The lowest BCUT2D eigenvalue weighted by Gasteiger charge is -2.08. The van der Waals surface area contributed by atoms with Crippen LogP contribution in [0.2, 0.25) is 0 Å². The molecule has 0 saturated heterocycles. The molecule has 0 aliphatic rings. The Morgan fingerprint density at radius 3 is 2.70 bits per heavy atom. The average Bonchev–Trinajstić information content (AvgIpc) is 2.41. The topological polar surface area (TPSA) is 81.4 Å².